The van der Waals surface area contributed by atoms with Crippen LogP contribution < -0.4 is 10.1 Å². The van der Waals surface area contributed by atoms with Crippen molar-refractivity contribution in [1.29, 1.82) is 0 Å². The van der Waals surface area contributed by atoms with Gasteiger partial charge < -0.3 is 19.9 Å². The number of carboxylic acids is 1. The summed E-state index contributed by atoms with van der Waals surface area (Å²) in [6, 6.07) is 10.2. The molecular weight excluding hydrogens is 362 g/mol. The minimum absolute atomic E-state index is 0.00203. The number of anilines is 1. The molecule has 0 bridgehead atoms. The molecular formula is C18H16ClNO6. The summed E-state index contributed by atoms with van der Waals surface area (Å²) in [4.78, 5) is 34.7. The van der Waals surface area contributed by atoms with Crippen molar-refractivity contribution >= 4 is 35.1 Å². The Bertz CT molecular complexity index is 819. The largest absolute Gasteiger partial charge is 0.483 e. The fourth-order valence-electron chi connectivity index (χ4n) is 2.04. The van der Waals surface area contributed by atoms with E-state index in [1.54, 1.807) is 19.1 Å². The van der Waals surface area contributed by atoms with Gasteiger partial charge in [0.25, 0.3) is 5.91 Å². The van der Waals surface area contributed by atoms with Crippen LogP contribution in [0.3, 0.4) is 0 Å². The van der Waals surface area contributed by atoms with E-state index < -0.39 is 24.5 Å². The van der Waals surface area contributed by atoms with Crippen LogP contribution in [0.2, 0.25) is 5.02 Å². The molecule has 26 heavy (non-hydrogen) atoms. The van der Waals surface area contributed by atoms with Crippen molar-refractivity contribution in [2.75, 3.05) is 18.5 Å². The van der Waals surface area contributed by atoms with Crippen LogP contribution in [0.4, 0.5) is 5.69 Å². The minimum atomic E-state index is -1.19. The molecule has 0 spiro atoms. The molecule has 0 atom stereocenters. The van der Waals surface area contributed by atoms with Crippen LogP contribution in [-0.2, 0) is 9.53 Å². The molecule has 0 aliphatic rings. The first-order chi connectivity index (χ1) is 12.4. The van der Waals surface area contributed by atoms with Crippen LogP contribution in [0.15, 0.2) is 42.5 Å². The summed E-state index contributed by atoms with van der Waals surface area (Å²) in [5.41, 5.74) is 0.725. The van der Waals surface area contributed by atoms with Crippen molar-refractivity contribution in [3.63, 3.8) is 0 Å². The number of rotatable bonds is 7. The smallest absolute Gasteiger partial charge is 0.339 e. The third kappa shape index (κ3) is 5.22. The molecule has 0 aliphatic heterocycles. The highest BCUT2D eigenvalue weighted by Crippen LogP contribution is 2.23. The fourth-order valence-corrected chi connectivity index (χ4v) is 2.20. The number of carbonyl (C=O) groups is 3. The molecule has 0 aliphatic carbocycles. The highest BCUT2D eigenvalue weighted by Gasteiger charge is 2.13. The van der Waals surface area contributed by atoms with Gasteiger partial charge in [0.1, 0.15) is 11.3 Å². The Hall–Kier alpha value is -3.06. The second kappa shape index (κ2) is 8.87. The number of nitrogens with one attached hydrogen (secondary N) is 1. The van der Waals surface area contributed by atoms with E-state index in [-0.39, 0.29) is 17.9 Å². The Morgan fingerprint density at radius 1 is 1.12 bits per heavy atom. The van der Waals surface area contributed by atoms with E-state index in [0.717, 1.165) is 0 Å². The van der Waals surface area contributed by atoms with Crippen LogP contribution in [0.25, 0.3) is 0 Å². The topological polar surface area (TPSA) is 102 Å². The predicted molar refractivity (Wildman–Crippen MR) is 94.9 cm³/mol. The summed E-state index contributed by atoms with van der Waals surface area (Å²) in [7, 11) is 0. The molecule has 136 valence electrons. The molecule has 2 aromatic carbocycles. The Morgan fingerprint density at radius 2 is 1.81 bits per heavy atom. The number of amides is 1. The normalized spacial score (nSPS) is 10.1. The van der Waals surface area contributed by atoms with Crippen molar-refractivity contribution in [2.24, 2.45) is 0 Å². The van der Waals surface area contributed by atoms with Gasteiger partial charge in [0.15, 0.2) is 6.61 Å². The van der Waals surface area contributed by atoms with Gasteiger partial charge in [-0.15, -0.1) is 0 Å². The number of halogens is 1. The number of ether oxygens (including phenoxy) is 2. The number of aromatic carboxylic acids is 1. The van der Waals surface area contributed by atoms with Gasteiger partial charge in [-0.3, -0.25) is 4.79 Å². The lowest BCUT2D eigenvalue weighted by Gasteiger charge is -2.10. The maximum absolute atomic E-state index is 12.0. The summed E-state index contributed by atoms with van der Waals surface area (Å²) < 4.78 is 10.1. The number of benzene rings is 2. The Morgan fingerprint density at radius 3 is 2.42 bits per heavy atom. The summed E-state index contributed by atoms with van der Waals surface area (Å²) in [6.07, 6.45) is 0. The lowest BCUT2D eigenvalue weighted by molar-refractivity contribution is -0.118. The van der Waals surface area contributed by atoms with Gasteiger partial charge in [-0.2, -0.15) is 0 Å². The SMILES string of the molecule is CCOC(=O)c1ccc(NC(=O)COc2cc(Cl)ccc2C(=O)O)cc1. The molecule has 2 rings (SSSR count). The molecule has 2 N–H and O–H groups in total. The van der Waals surface area contributed by atoms with Gasteiger partial charge in [0, 0.05) is 10.7 Å². The average molecular weight is 378 g/mol. The van der Waals surface area contributed by atoms with E-state index in [1.165, 1.54) is 30.3 Å². The van der Waals surface area contributed by atoms with E-state index >= 15 is 0 Å². The van der Waals surface area contributed by atoms with Gasteiger partial charge in [-0.1, -0.05) is 11.6 Å². The standard InChI is InChI=1S/C18H16ClNO6/c1-2-25-18(24)11-3-6-13(7-4-11)20-16(21)10-26-15-9-12(19)5-8-14(15)17(22)23/h3-9H,2,10H2,1H3,(H,20,21)(H,22,23). The van der Waals surface area contributed by atoms with Gasteiger partial charge in [0.05, 0.1) is 12.2 Å². The third-order valence-electron chi connectivity index (χ3n) is 3.21. The number of carboxylic acid groups (broad SMARTS) is 1. The van der Waals surface area contributed by atoms with Crippen molar-refractivity contribution in [3.8, 4) is 5.75 Å². The molecule has 0 heterocycles. The zero-order valence-corrected chi connectivity index (χ0v) is 14.6. The first-order valence-electron chi connectivity index (χ1n) is 7.63. The van der Waals surface area contributed by atoms with Crippen LogP contribution in [-0.4, -0.2) is 36.2 Å². The maximum Gasteiger partial charge on any atom is 0.339 e. The zero-order chi connectivity index (χ0) is 19.1. The van der Waals surface area contributed by atoms with Crippen molar-refractivity contribution in [3.05, 3.63) is 58.6 Å². The third-order valence-corrected chi connectivity index (χ3v) is 3.45. The maximum atomic E-state index is 12.0. The molecule has 0 unspecified atom stereocenters. The van der Waals surface area contributed by atoms with E-state index in [2.05, 4.69) is 5.32 Å². The van der Waals surface area contributed by atoms with Gasteiger partial charge in [0.2, 0.25) is 0 Å². The van der Waals surface area contributed by atoms with Crippen molar-refractivity contribution in [2.45, 2.75) is 6.92 Å². The van der Waals surface area contributed by atoms with E-state index in [4.69, 9.17) is 26.2 Å². The highest BCUT2D eigenvalue weighted by atomic mass is 35.5. The molecule has 2 aromatic rings. The van der Waals surface area contributed by atoms with Gasteiger partial charge in [-0.25, -0.2) is 9.59 Å². The Kier molecular flexibility index (Phi) is 6.57. The monoisotopic (exact) mass is 377 g/mol. The Labute approximate surface area is 154 Å². The van der Waals surface area contributed by atoms with Crippen LogP contribution in [0, 0.1) is 0 Å². The van der Waals surface area contributed by atoms with Crippen LogP contribution in [0.1, 0.15) is 27.6 Å². The Balaban J connectivity index is 1.96. The number of hydrogen-bond donors (Lipinski definition) is 2. The van der Waals surface area contributed by atoms with Crippen molar-refractivity contribution < 1.29 is 29.0 Å². The predicted octanol–water partition coefficient (Wildman–Crippen LogP) is 3.23. The molecule has 8 heteroatoms. The first kappa shape index (κ1) is 19.3. The lowest BCUT2D eigenvalue weighted by atomic mass is 10.2. The second-order valence-corrected chi connectivity index (χ2v) is 5.52. The van der Waals surface area contributed by atoms with E-state index in [0.29, 0.717) is 16.3 Å². The lowest BCUT2D eigenvalue weighted by Crippen LogP contribution is -2.21. The van der Waals surface area contributed by atoms with E-state index in [1.807, 2.05) is 0 Å². The summed E-state index contributed by atoms with van der Waals surface area (Å²) in [5.74, 6) is -2.13. The quantitative estimate of drug-likeness (QED) is 0.718. The second-order valence-electron chi connectivity index (χ2n) is 5.08. The summed E-state index contributed by atoms with van der Waals surface area (Å²) >= 11 is 5.82. The van der Waals surface area contributed by atoms with Crippen molar-refractivity contribution in [1.82, 2.24) is 0 Å². The molecule has 0 fully saturated rings. The van der Waals surface area contributed by atoms with E-state index in [9.17, 15) is 14.4 Å². The number of carbonyl (C=O) groups excluding carboxylic acids is 2. The molecule has 0 radical (unpaired) electrons. The molecule has 0 aromatic heterocycles. The molecule has 0 saturated heterocycles. The highest BCUT2D eigenvalue weighted by molar-refractivity contribution is 6.30. The van der Waals surface area contributed by atoms with Crippen LogP contribution >= 0.6 is 11.6 Å². The molecule has 0 saturated carbocycles. The van der Waals surface area contributed by atoms with Gasteiger partial charge >= 0.3 is 11.9 Å². The molecule has 7 nitrogen and oxygen atoms in total. The number of esters is 1. The summed E-state index contributed by atoms with van der Waals surface area (Å²) in [5, 5.41) is 12.0. The minimum Gasteiger partial charge on any atom is -0.483 e. The van der Waals surface area contributed by atoms with Crippen LogP contribution in [0.5, 0.6) is 5.75 Å². The molecule has 1 amide bonds. The van der Waals surface area contributed by atoms with Gasteiger partial charge in [-0.05, 0) is 49.4 Å². The first-order valence-corrected chi connectivity index (χ1v) is 8.01. The summed E-state index contributed by atoms with van der Waals surface area (Å²) in [6.45, 7) is 1.58. The number of hydrogen-bond acceptors (Lipinski definition) is 5. The zero-order valence-electron chi connectivity index (χ0n) is 13.8. The average Bonchev–Trinajstić information content (AvgIpc) is 2.60. The fraction of sp³-hybridized carbons (Fsp3) is 0.167.